The summed E-state index contributed by atoms with van der Waals surface area (Å²) in [5, 5.41) is 0.702. The van der Waals surface area contributed by atoms with E-state index in [0.29, 0.717) is 23.8 Å². The van der Waals surface area contributed by atoms with Crippen LogP contribution in [0.1, 0.15) is 36.8 Å². The number of hydrogen-bond donors (Lipinski definition) is 0. The number of rotatable bonds is 12. The van der Waals surface area contributed by atoms with E-state index in [1.54, 1.807) is 14.2 Å². The second kappa shape index (κ2) is 12.6. The SMILES string of the molecule is COCCN(CCOC)CC1CCN(C(=O)CCC2(c3ccc(Cl)cc3)c3ccccc3-c3nccn32)CC1. The Morgan fingerprint density at radius 3 is 2.44 bits per heavy atom. The maximum atomic E-state index is 13.6. The predicted octanol–water partition coefficient (Wildman–Crippen LogP) is 4.92. The highest BCUT2D eigenvalue weighted by Gasteiger charge is 2.45. The molecule has 7 nitrogen and oxygen atoms in total. The summed E-state index contributed by atoms with van der Waals surface area (Å²) in [5.74, 6) is 1.75. The quantitative estimate of drug-likeness (QED) is 0.320. The van der Waals surface area contributed by atoms with E-state index in [2.05, 4.69) is 55.7 Å². The fourth-order valence-electron chi connectivity index (χ4n) is 6.31. The molecule has 0 radical (unpaired) electrons. The van der Waals surface area contributed by atoms with Gasteiger partial charge in [0.25, 0.3) is 0 Å². The van der Waals surface area contributed by atoms with Crippen molar-refractivity contribution in [2.75, 3.05) is 60.2 Å². The fourth-order valence-corrected chi connectivity index (χ4v) is 6.44. The highest BCUT2D eigenvalue weighted by Crippen LogP contribution is 2.49. The molecule has 0 aliphatic carbocycles. The summed E-state index contributed by atoms with van der Waals surface area (Å²) in [6, 6.07) is 16.5. The number of halogens is 1. The van der Waals surface area contributed by atoms with Crippen molar-refractivity contribution in [3.05, 3.63) is 77.1 Å². The fraction of sp³-hybridized carbons (Fsp3) is 0.484. The Bertz CT molecular complexity index is 1230. The van der Waals surface area contributed by atoms with E-state index in [-0.39, 0.29) is 5.91 Å². The lowest BCUT2D eigenvalue weighted by Crippen LogP contribution is -2.43. The molecule has 2 aliphatic heterocycles. The number of fused-ring (bicyclic) bond motifs is 3. The van der Waals surface area contributed by atoms with E-state index in [9.17, 15) is 4.79 Å². The van der Waals surface area contributed by atoms with E-state index < -0.39 is 5.54 Å². The lowest BCUT2D eigenvalue weighted by Gasteiger charge is -2.37. The number of likely N-dealkylation sites (tertiary alicyclic amines) is 1. The van der Waals surface area contributed by atoms with Crippen LogP contribution in [-0.4, -0.2) is 85.4 Å². The Morgan fingerprint density at radius 1 is 1.05 bits per heavy atom. The molecule has 0 bridgehead atoms. The molecule has 5 rings (SSSR count). The summed E-state index contributed by atoms with van der Waals surface area (Å²) in [6.07, 6.45) is 7.07. The van der Waals surface area contributed by atoms with Gasteiger partial charge in [0, 0.05) is 76.3 Å². The van der Waals surface area contributed by atoms with Crippen LogP contribution in [0.5, 0.6) is 0 Å². The molecule has 39 heavy (non-hydrogen) atoms. The summed E-state index contributed by atoms with van der Waals surface area (Å²) in [7, 11) is 3.49. The summed E-state index contributed by atoms with van der Waals surface area (Å²) in [6.45, 7) is 5.90. The Labute approximate surface area is 236 Å². The largest absolute Gasteiger partial charge is 0.383 e. The van der Waals surface area contributed by atoms with Crippen LogP contribution in [-0.2, 0) is 19.8 Å². The van der Waals surface area contributed by atoms with Crippen LogP contribution >= 0.6 is 11.6 Å². The number of piperidine rings is 1. The van der Waals surface area contributed by atoms with Crippen LogP contribution < -0.4 is 0 Å². The van der Waals surface area contributed by atoms with E-state index in [1.165, 1.54) is 5.56 Å². The minimum atomic E-state index is -0.496. The van der Waals surface area contributed by atoms with Crippen molar-refractivity contribution in [1.29, 1.82) is 0 Å². The molecule has 1 aromatic heterocycles. The topological polar surface area (TPSA) is 59.8 Å². The van der Waals surface area contributed by atoms with Gasteiger partial charge in [-0.1, -0.05) is 48.0 Å². The molecule has 1 unspecified atom stereocenters. The maximum Gasteiger partial charge on any atom is 0.222 e. The second-order valence-electron chi connectivity index (χ2n) is 10.6. The van der Waals surface area contributed by atoms with Crippen molar-refractivity contribution < 1.29 is 14.3 Å². The molecule has 1 saturated heterocycles. The Hall–Kier alpha value is -2.71. The molecule has 2 aliphatic rings. The first kappa shape index (κ1) is 27.8. The van der Waals surface area contributed by atoms with Crippen molar-refractivity contribution in [2.24, 2.45) is 5.92 Å². The van der Waals surface area contributed by atoms with E-state index in [4.69, 9.17) is 21.1 Å². The third kappa shape index (κ3) is 5.78. The van der Waals surface area contributed by atoms with Gasteiger partial charge in [-0.15, -0.1) is 0 Å². The second-order valence-corrected chi connectivity index (χ2v) is 11.1. The Balaban J connectivity index is 1.28. The lowest BCUT2D eigenvalue weighted by atomic mass is 9.79. The molecule has 1 atom stereocenters. The van der Waals surface area contributed by atoms with Crippen LogP contribution in [0.2, 0.25) is 5.02 Å². The zero-order chi connectivity index (χ0) is 27.2. The van der Waals surface area contributed by atoms with Crippen molar-refractivity contribution in [1.82, 2.24) is 19.4 Å². The lowest BCUT2D eigenvalue weighted by molar-refractivity contribution is -0.133. The number of benzene rings is 2. The minimum Gasteiger partial charge on any atom is -0.383 e. The zero-order valence-electron chi connectivity index (χ0n) is 23.0. The molecule has 1 fully saturated rings. The number of hydrogen-bond acceptors (Lipinski definition) is 5. The molecule has 1 amide bonds. The van der Waals surface area contributed by atoms with Gasteiger partial charge in [-0.05, 0) is 48.4 Å². The van der Waals surface area contributed by atoms with Crippen LogP contribution in [0.3, 0.4) is 0 Å². The van der Waals surface area contributed by atoms with Crippen molar-refractivity contribution in [3.8, 4) is 11.4 Å². The summed E-state index contributed by atoms with van der Waals surface area (Å²) in [4.78, 5) is 22.8. The van der Waals surface area contributed by atoms with Gasteiger partial charge in [0.15, 0.2) is 0 Å². The van der Waals surface area contributed by atoms with Crippen molar-refractivity contribution in [2.45, 2.75) is 31.2 Å². The molecule has 2 aromatic carbocycles. The van der Waals surface area contributed by atoms with E-state index >= 15 is 0 Å². The van der Waals surface area contributed by atoms with Crippen molar-refractivity contribution in [3.63, 3.8) is 0 Å². The number of imidazole rings is 1. The first-order chi connectivity index (χ1) is 19.1. The highest BCUT2D eigenvalue weighted by atomic mass is 35.5. The van der Waals surface area contributed by atoms with Gasteiger partial charge in [-0.25, -0.2) is 4.98 Å². The van der Waals surface area contributed by atoms with E-state index in [1.807, 2.05) is 24.5 Å². The minimum absolute atomic E-state index is 0.225. The first-order valence-corrected chi connectivity index (χ1v) is 14.3. The van der Waals surface area contributed by atoms with Gasteiger partial charge < -0.3 is 18.9 Å². The van der Waals surface area contributed by atoms with Gasteiger partial charge >= 0.3 is 0 Å². The standard InChI is InChI=1S/C31H39ClN4O3/c1-38-21-19-34(20-22-39-2)23-24-12-16-35(17-13-24)29(37)11-14-31(25-7-9-26(32)10-8-25)28-6-4-3-5-27(28)30-33-15-18-36(30)31/h3-10,15,18,24H,11-14,16-17,19-23H2,1-2H3. The number of amides is 1. The first-order valence-electron chi connectivity index (χ1n) is 13.9. The maximum absolute atomic E-state index is 13.6. The van der Waals surface area contributed by atoms with Crippen LogP contribution in [0.25, 0.3) is 11.4 Å². The summed E-state index contributed by atoms with van der Waals surface area (Å²) >= 11 is 6.27. The van der Waals surface area contributed by atoms with Crippen molar-refractivity contribution >= 4 is 17.5 Å². The monoisotopic (exact) mass is 550 g/mol. The summed E-state index contributed by atoms with van der Waals surface area (Å²) in [5.41, 5.74) is 2.94. The molecule has 0 spiro atoms. The third-order valence-corrected chi connectivity index (χ3v) is 8.65. The number of methoxy groups -OCH3 is 2. The molecule has 0 N–H and O–H groups in total. The van der Waals surface area contributed by atoms with Gasteiger partial charge in [0.2, 0.25) is 5.91 Å². The zero-order valence-corrected chi connectivity index (χ0v) is 23.8. The van der Waals surface area contributed by atoms with Crippen LogP contribution in [0.4, 0.5) is 0 Å². The van der Waals surface area contributed by atoms with Gasteiger partial charge in [0.1, 0.15) is 5.82 Å². The Kier molecular flexibility index (Phi) is 9.03. The smallest absolute Gasteiger partial charge is 0.222 e. The Morgan fingerprint density at radius 2 is 1.74 bits per heavy atom. The molecule has 8 heteroatoms. The molecule has 208 valence electrons. The number of carbonyl (C=O) groups is 1. The average molecular weight is 551 g/mol. The van der Waals surface area contributed by atoms with Gasteiger partial charge in [-0.3, -0.25) is 9.69 Å². The average Bonchev–Trinajstić information content (AvgIpc) is 3.55. The van der Waals surface area contributed by atoms with Crippen LogP contribution in [0, 0.1) is 5.92 Å². The predicted molar refractivity (Wildman–Crippen MR) is 154 cm³/mol. The number of ether oxygens (including phenoxy) is 2. The number of aromatic nitrogens is 2. The number of nitrogens with zero attached hydrogens (tertiary/aromatic N) is 4. The van der Waals surface area contributed by atoms with Gasteiger partial charge in [-0.2, -0.15) is 0 Å². The molecular formula is C31H39ClN4O3. The number of carbonyl (C=O) groups excluding carboxylic acids is 1. The molecule has 3 heterocycles. The molecular weight excluding hydrogens is 512 g/mol. The highest BCUT2D eigenvalue weighted by molar-refractivity contribution is 6.30. The molecule has 0 saturated carbocycles. The summed E-state index contributed by atoms with van der Waals surface area (Å²) < 4.78 is 12.8. The van der Waals surface area contributed by atoms with Crippen LogP contribution in [0.15, 0.2) is 60.9 Å². The normalized spacial score (nSPS) is 18.9. The third-order valence-electron chi connectivity index (χ3n) is 8.39. The molecule has 3 aromatic rings. The van der Waals surface area contributed by atoms with Gasteiger partial charge in [0.05, 0.1) is 18.8 Å². The van der Waals surface area contributed by atoms with E-state index in [0.717, 1.165) is 75.7 Å².